The molecule has 1 aromatic heterocycles. The van der Waals surface area contributed by atoms with E-state index in [1.54, 1.807) is 0 Å². The summed E-state index contributed by atoms with van der Waals surface area (Å²) in [5, 5.41) is 0.269. The van der Waals surface area contributed by atoms with Crippen molar-refractivity contribution in [2.75, 3.05) is 24.6 Å². The molecule has 3 aromatic carbocycles. The molecule has 0 amide bonds. The number of hydrogen-bond donors (Lipinski definition) is 0. The summed E-state index contributed by atoms with van der Waals surface area (Å²) in [6.45, 7) is 15.6. The fourth-order valence-electron chi connectivity index (χ4n) is 5.32. The Morgan fingerprint density at radius 1 is 0.750 bits per heavy atom. The fourth-order valence-corrected chi connectivity index (χ4v) is 6.38. The van der Waals surface area contributed by atoms with Gasteiger partial charge in [0.05, 0.1) is 0 Å². The van der Waals surface area contributed by atoms with E-state index in [0.717, 1.165) is 47.9 Å². The second-order valence-electron chi connectivity index (χ2n) is 13.4. The van der Waals surface area contributed by atoms with Gasteiger partial charge >= 0.3 is 0 Å². The van der Waals surface area contributed by atoms with Crippen LogP contribution in [0.2, 0.25) is 18.1 Å². The number of benzene rings is 3. The summed E-state index contributed by atoms with van der Waals surface area (Å²) in [7, 11) is -1.67. The molecule has 0 saturated carbocycles. The third-order valence-electron chi connectivity index (χ3n) is 9.24. The molecular weight excluding hydrogens is 561 g/mol. The molecule has 232 valence electrons. The number of pyridine rings is 1. The maximum Gasteiger partial charge on any atom is 0.225 e. The Kier molecular flexibility index (Phi) is 10.4. The van der Waals surface area contributed by atoms with Gasteiger partial charge in [-0.25, -0.2) is 0 Å². The van der Waals surface area contributed by atoms with Gasteiger partial charge in [0.2, 0.25) is 11.8 Å². The molecule has 44 heavy (non-hydrogen) atoms. The highest BCUT2D eigenvalue weighted by atomic mass is 28.4. The maximum atomic E-state index is 6.46. The van der Waals surface area contributed by atoms with Crippen molar-refractivity contribution in [1.82, 2.24) is 4.98 Å². The molecule has 4 aromatic rings. The minimum Gasteiger partial charge on any atom is -0.473 e. The Morgan fingerprint density at radius 3 is 1.93 bits per heavy atom. The third kappa shape index (κ3) is 8.51. The zero-order valence-corrected chi connectivity index (χ0v) is 28.1. The van der Waals surface area contributed by atoms with Crippen molar-refractivity contribution >= 4 is 14.0 Å². The van der Waals surface area contributed by atoms with E-state index in [9.17, 15) is 0 Å². The van der Waals surface area contributed by atoms with Crippen molar-refractivity contribution in [3.05, 3.63) is 108 Å². The van der Waals surface area contributed by atoms with Crippen LogP contribution in [0.1, 0.15) is 51.2 Å². The first-order chi connectivity index (χ1) is 21.2. The molecule has 1 saturated heterocycles. The van der Waals surface area contributed by atoms with Crippen LogP contribution in [0.25, 0.3) is 11.1 Å². The first-order valence-electron chi connectivity index (χ1n) is 16.0. The lowest BCUT2D eigenvalue weighted by Crippen LogP contribution is -2.41. The van der Waals surface area contributed by atoms with Crippen LogP contribution in [-0.4, -0.2) is 33.0 Å². The molecule has 6 heteroatoms. The summed E-state index contributed by atoms with van der Waals surface area (Å²) in [5.74, 6) is 1.87. The van der Waals surface area contributed by atoms with Gasteiger partial charge in [0, 0.05) is 37.0 Å². The highest BCUT2D eigenvalue weighted by molar-refractivity contribution is 6.74. The second kappa shape index (κ2) is 14.4. The lowest BCUT2D eigenvalue weighted by atomic mass is 9.93. The zero-order chi connectivity index (χ0) is 31.0. The molecule has 0 aliphatic carbocycles. The predicted octanol–water partition coefficient (Wildman–Crippen LogP) is 9.53. The van der Waals surface area contributed by atoms with Crippen LogP contribution in [-0.2, 0) is 17.6 Å². The molecule has 0 bridgehead atoms. The maximum absolute atomic E-state index is 6.46. The van der Waals surface area contributed by atoms with Crippen molar-refractivity contribution in [2.24, 2.45) is 5.92 Å². The van der Waals surface area contributed by atoms with E-state index in [-0.39, 0.29) is 5.04 Å². The van der Waals surface area contributed by atoms with E-state index in [1.165, 1.54) is 24.9 Å². The molecule has 5 rings (SSSR count). The van der Waals surface area contributed by atoms with Crippen LogP contribution in [0.5, 0.6) is 11.8 Å². The Balaban J connectivity index is 1.22. The van der Waals surface area contributed by atoms with Gasteiger partial charge in [0.15, 0.2) is 8.32 Å². The van der Waals surface area contributed by atoms with E-state index < -0.39 is 8.32 Å². The molecule has 0 radical (unpaired) electrons. The van der Waals surface area contributed by atoms with Gasteiger partial charge in [-0.3, -0.25) is 0 Å². The van der Waals surface area contributed by atoms with Gasteiger partial charge in [0.25, 0.3) is 0 Å². The number of piperidine rings is 1. The summed E-state index contributed by atoms with van der Waals surface area (Å²) in [4.78, 5) is 7.30. The molecule has 2 heterocycles. The molecule has 0 N–H and O–H groups in total. The summed E-state index contributed by atoms with van der Waals surface area (Å²) < 4.78 is 18.8. The fraction of sp³-hybridized carbons (Fsp3) is 0.395. The van der Waals surface area contributed by atoms with Gasteiger partial charge in [-0.05, 0) is 78.2 Å². The van der Waals surface area contributed by atoms with E-state index >= 15 is 0 Å². The average molecular weight is 609 g/mol. The van der Waals surface area contributed by atoms with Gasteiger partial charge in [0.1, 0.15) is 13.2 Å². The number of hydrogen-bond acceptors (Lipinski definition) is 5. The Labute approximate surface area is 265 Å². The van der Waals surface area contributed by atoms with Crippen molar-refractivity contribution in [3.8, 4) is 22.9 Å². The van der Waals surface area contributed by atoms with Crippen molar-refractivity contribution in [3.63, 3.8) is 0 Å². The van der Waals surface area contributed by atoms with Gasteiger partial charge in [-0.15, -0.1) is 0 Å². The second-order valence-corrected chi connectivity index (χ2v) is 18.2. The Morgan fingerprint density at radius 2 is 1.34 bits per heavy atom. The molecule has 0 atom stereocenters. The molecule has 5 nitrogen and oxygen atoms in total. The van der Waals surface area contributed by atoms with E-state index in [4.69, 9.17) is 18.9 Å². The third-order valence-corrected chi connectivity index (χ3v) is 13.8. The zero-order valence-electron chi connectivity index (χ0n) is 27.1. The van der Waals surface area contributed by atoms with E-state index in [1.807, 2.05) is 42.5 Å². The van der Waals surface area contributed by atoms with Crippen LogP contribution >= 0.6 is 0 Å². The standard InChI is InChI=1S/C38H48N2O3Si/c1-38(2,3)44(4,5)43-27-24-30-22-25-40(26-23-30)34-18-16-33(17-19-34)35-20-21-36(41-28-31-12-8-6-9-13-31)39-37(35)42-29-32-14-10-7-11-15-32/h6-21,30H,22-29H2,1-5H3. The van der Waals surface area contributed by atoms with Crippen LogP contribution < -0.4 is 14.4 Å². The lowest BCUT2D eigenvalue weighted by molar-refractivity contribution is 0.240. The quantitative estimate of drug-likeness (QED) is 0.150. The smallest absolute Gasteiger partial charge is 0.225 e. The Bertz CT molecular complexity index is 1450. The van der Waals surface area contributed by atoms with Gasteiger partial charge < -0.3 is 18.8 Å². The average Bonchev–Trinajstić information content (AvgIpc) is 3.04. The van der Waals surface area contributed by atoms with Crippen LogP contribution in [0.15, 0.2) is 97.1 Å². The first-order valence-corrected chi connectivity index (χ1v) is 18.9. The minimum atomic E-state index is -1.67. The number of nitrogens with zero attached hydrogens (tertiary/aromatic N) is 2. The highest BCUT2D eigenvalue weighted by Crippen LogP contribution is 2.37. The SMILES string of the molecule is CC(C)(C)[Si](C)(C)OCCC1CCN(c2ccc(-c3ccc(OCc4ccccc4)nc3OCc3ccccc3)cc2)CC1. The largest absolute Gasteiger partial charge is 0.473 e. The summed E-state index contributed by atoms with van der Waals surface area (Å²) in [6, 6.07) is 33.2. The lowest BCUT2D eigenvalue weighted by Gasteiger charge is -2.37. The molecule has 0 spiro atoms. The van der Waals surface area contributed by atoms with Crippen LogP contribution in [0, 0.1) is 5.92 Å². The van der Waals surface area contributed by atoms with E-state index in [2.05, 4.69) is 93.4 Å². The topological polar surface area (TPSA) is 43.8 Å². The van der Waals surface area contributed by atoms with Crippen molar-refractivity contribution < 1.29 is 13.9 Å². The normalized spacial score (nSPS) is 14.4. The number of ether oxygens (including phenoxy) is 2. The monoisotopic (exact) mass is 608 g/mol. The van der Waals surface area contributed by atoms with Crippen LogP contribution in [0.3, 0.4) is 0 Å². The molecular formula is C38H48N2O3Si. The predicted molar refractivity (Wildman–Crippen MR) is 184 cm³/mol. The highest BCUT2D eigenvalue weighted by Gasteiger charge is 2.37. The van der Waals surface area contributed by atoms with E-state index in [0.29, 0.717) is 25.0 Å². The minimum absolute atomic E-state index is 0.269. The molecule has 1 fully saturated rings. The van der Waals surface area contributed by atoms with Crippen LogP contribution in [0.4, 0.5) is 5.69 Å². The summed E-state index contributed by atoms with van der Waals surface area (Å²) >= 11 is 0. The molecule has 1 aliphatic rings. The van der Waals surface area contributed by atoms with Gasteiger partial charge in [-0.1, -0.05) is 93.6 Å². The number of anilines is 1. The van der Waals surface area contributed by atoms with Crippen molar-refractivity contribution in [1.29, 1.82) is 0 Å². The molecule has 0 unspecified atom stereocenters. The first kappa shape index (κ1) is 31.8. The molecule has 1 aliphatic heterocycles. The summed E-state index contributed by atoms with van der Waals surface area (Å²) in [6.07, 6.45) is 3.60. The van der Waals surface area contributed by atoms with Crippen molar-refractivity contribution in [2.45, 2.75) is 71.4 Å². The number of rotatable bonds is 12. The Hall–Kier alpha value is -3.61. The number of aromatic nitrogens is 1. The summed E-state index contributed by atoms with van der Waals surface area (Å²) in [5.41, 5.74) is 5.51. The van der Waals surface area contributed by atoms with Gasteiger partial charge in [-0.2, -0.15) is 4.98 Å².